The van der Waals surface area contributed by atoms with Crippen molar-refractivity contribution >= 4 is 5.97 Å². The predicted molar refractivity (Wildman–Crippen MR) is 69.5 cm³/mol. The standard InChI is InChI=1S/C15H20O3/c1-11(14(16)17)10-13-4-2-12(3-5-13)6-7-15(18)8-9-15/h2-5,11,18H,6-10H2,1H3,(H,16,17). The highest BCUT2D eigenvalue weighted by atomic mass is 16.4. The molecular weight excluding hydrogens is 228 g/mol. The first-order valence-corrected chi connectivity index (χ1v) is 6.51. The van der Waals surface area contributed by atoms with Gasteiger partial charge in [0, 0.05) is 0 Å². The third-order valence-electron chi connectivity index (χ3n) is 3.69. The van der Waals surface area contributed by atoms with Crippen LogP contribution in [0.4, 0.5) is 0 Å². The quantitative estimate of drug-likeness (QED) is 0.812. The van der Waals surface area contributed by atoms with Crippen LogP contribution in [0, 0.1) is 5.92 Å². The van der Waals surface area contributed by atoms with E-state index in [1.807, 2.05) is 24.3 Å². The lowest BCUT2D eigenvalue weighted by molar-refractivity contribution is -0.141. The van der Waals surface area contributed by atoms with E-state index in [-0.39, 0.29) is 5.92 Å². The van der Waals surface area contributed by atoms with Crippen LogP contribution in [0.15, 0.2) is 24.3 Å². The molecule has 0 spiro atoms. The number of carboxylic acids is 1. The van der Waals surface area contributed by atoms with Crippen LogP contribution < -0.4 is 0 Å². The number of benzene rings is 1. The molecule has 0 aromatic heterocycles. The maximum atomic E-state index is 10.8. The topological polar surface area (TPSA) is 57.5 Å². The molecule has 0 aliphatic heterocycles. The Balaban J connectivity index is 1.86. The van der Waals surface area contributed by atoms with Gasteiger partial charge in [-0.3, -0.25) is 4.79 Å². The summed E-state index contributed by atoms with van der Waals surface area (Å²) in [6.45, 7) is 1.72. The van der Waals surface area contributed by atoms with E-state index < -0.39 is 11.6 Å². The predicted octanol–water partition coefficient (Wildman–Crippen LogP) is 2.41. The minimum atomic E-state index is -0.755. The summed E-state index contributed by atoms with van der Waals surface area (Å²) in [7, 11) is 0. The zero-order chi connectivity index (χ0) is 13.2. The number of carbonyl (C=O) groups is 1. The molecule has 3 heteroatoms. The summed E-state index contributed by atoms with van der Waals surface area (Å²) in [5.41, 5.74) is 1.87. The smallest absolute Gasteiger partial charge is 0.306 e. The van der Waals surface area contributed by atoms with E-state index in [4.69, 9.17) is 5.11 Å². The molecule has 0 bridgehead atoms. The van der Waals surface area contributed by atoms with Gasteiger partial charge in [-0.2, -0.15) is 0 Å². The van der Waals surface area contributed by atoms with Crippen LogP contribution >= 0.6 is 0 Å². The molecule has 1 aromatic carbocycles. The molecule has 2 N–H and O–H groups in total. The molecule has 0 radical (unpaired) electrons. The molecule has 98 valence electrons. The van der Waals surface area contributed by atoms with Crippen molar-refractivity contribution in [2.45, 2.75) is 44.6 Å². The zero-order valence-electron chi connectivity index (χ0n) is 10.7. The highest BCUT2D eigenvalue weighted by Crippen LogP contribution is 2.39. The molecular formula is C15H20O3. The molecule has 2 rings (SSSR count). The van der Waals surface area contributed by atoms with Crippen LogP contribution in [0.3, 0.4) is 0 Å². The van der Waals surface area contributed by atoms with Crippen molar-refractivity contribution in [2.24, 2.45) is 5.92 Å². The Hall–Kier alpha value is -1.35. The Morgan fingerprint density at radius 2 is 1.83 bits per heavy atom. The van der Waals surface area contributed by atoms with Gasteiger partial charge in [0.15, 0.2) is 0 Å². The highest BCUT2D eigenvalue weighted by Gasteiger charge is 2.39. The molecule has 1 saturated carbocycles. The van der Waals surface area contributed by atoms with Crippen molar-refractivity contribution in [1.82, 2.24) is 0 Å². The number of hydrogen-bond acceptors (Lipinski definition) is 2. The minimum absolute atomic E-state index is 0.344. The van der Waals surface area contributed by atoms with Crippen molar-refractivity contribution in [3.05, 3.63) is 35.4 Å². The summed E-state index contributed by atoms with van der Waals surface area (Å²) in [5, 5.41) is 18.6. The van der Waals surface area contributed by atoms with E-state index in [9.17, 15) is 9.90 Å². The summed E-state index contributed by atoms with van der Waals surface area (Å²) >= 11 is 0. The Kier molecular flexibility index (Phi) is 3.71. The summed E-state index contributed by atoms with van der Waals surface area (Å²) in [6, 6.07) is 8.06. The molecule has 1 aromatic rings. The number of hydrogen-bond donors (Lipinski definition) is 2. The molecule has 1 aliphatic rings. The van der Waals surface area contributed by atoms with Crippen molar-refractivity contribution in [3.8, 4) is 0 Å². The second-order valence-electron chi connectivity index (χ2n) is 5.48. The first kappa shape index (κ1) is 13.1. The molecule has 18 heavy (non-hydrogen) atoms. The number of rotatable bonds is 6. The van der Waals surface area contributed by atoms with Gasteiger partial charge in [0.1, 0.15) is 0 Å². The summed E-state index contributed by atoms with van der Waals surface area (Å²) < 4.78 is 0. The summed E-state index contributed by atoms with van der Waals surface area (Å²) in [6.07, 6.45) is 4.16. The second-order valence-corrected chi connectivity index (χ2v) is 5.48. The van der Waals surface area contributed by atoms with Gasteiger partial charge in [0.05, 0.1) is 11.5 Å². The molecule has 1 atom stereocenters. The van der Waals surface area contributed by atoms with Crippen LogP contribution in [0.25, 0.3) is 0 Å². The maximum Gasteiger partial charge on any atom is 0.306 e. The van der Waals surface area contributed by atoms with Crippen molar-refractivity contribution in [2.75, 3.05) is 0 Å². The fraction of sp³-hybridized carbons (Fsp3) is 0.533. The Labute approximate surface area is 107 Å². The highest BCUT2D eigenvalue weighted by molar-refractivity contribution is 5.69. The number of aliphatic carboxylic acids is 1. The maximum absolute atomic E-state index is 10.8. The lowest BCUT2D eigenvalue weighted by Gasteiger charge is -2.09. The van der Waals surface area contributed by atoms with Crippen LogP contribution in [0.1, 0.15) is 37.3 Å². The Morgan fingerprint density at radius 3 is 2.33 bits per heavy atom. The van der Waals surface area contributed by atoms with E-state index in [0.29, 0.717) is 6.42 Å². The van der Waals surface area contributed by atoms with Gasteiger partial charge in [-0.25, -0.2) is 0 Å². The fourth-order valence-corrected chi connectivity index (χ4v) is 2.05. The lowest BCUT2D eigenvalue weighted by atomic mass is 9.98. The van der Waals surface area contributed by atoms with Gasteiger partial charge >= 0.3 is 5.97 Å². The normalized spacial score (nSPS) is 18.3. The third-order valence-corrected chi connectivity index (χ3v) is 3.69. The van der Waals surface area contributed by atoms with Crippen molar-refractivity contribution < 1.29 is 15.0 Å². The first-order valence-electron chi connectivity index (χ1n) is 6.51. The van der Waals surface area contributed by atoms with Crippen LogP contribution in [-0.2, 0) is 17.6 Å². The summed E-state index contributed by atoms with van der Waals surface area (Å²) in [4.78, 5) is 10.8. The SMILES string of the molecule is CC(Cc1ccc(CCC2(O)CC2)cc1)C(=O)O. The second kappa shape index (κ2) is 5.11. The van der Waals surface area contributed by atoms with E-state index in [1.54, 1.807) is 6.92 Å². The third kappa shape index (κ3) is 3.57. The molecule has 1 unspecified atom stereocenters. The molecule has 0 amide bonds. The van der Waals surface area contributed by atoms with Crippen LogP contribution in [0.2, 0.25) is 0 Å². The molecule has 0 saturated heterocycles. The summed E-state index contributed by atoms with van der Waals surface area (Å²) in [5.74, 6) is -1.10. The average molecular weight is 248 g/mol. The van der Waals surface area contributed by atoms with Crippen LogP contribution in [0.5, 0.6) is 0 Å². The number of aliphatic hydroxyl groups is 1. The van der Waals surface area contributed by atoms with Gasteiger partial charge in [0.2, 0.25) is 0 Å². The van der Waals surface area contributed by atoms with Crippen molar-refractivity contribution in [1.29, 1.82) is 0 Å². The average Bonchev–Trinajstić information content (AvgIpc) is 3.07. The molecule has 1 fully saturated rings. The number of carboxylic acid groups (broad SMARTS) is 1. The van der Waals surface area contributed by atoms with E-state index in [1.165, 1.54) is 5.56 Å². The van der Waals surface area contributed by atoms with E-state index in [2.05, 4.69) is 0 Å². The van der Waals surface area contributed by atoms with Crippen LogP contribution in [-0.4, -0.2) is 21.8 Å². The van der Waals surface area contributed by atoms with Gasteiger partial charge < -0.3 is 10.2 Å². The van der Waals surface area contributed by atoms with Crippen molar-refractivity contribution in [3.63, 3.8) is 0 Å². The van der Waals surface area contributed by atoms with Gasteiger partial charge in [0.25, 0.3) is 0 Å². The zero-order valence-corrected chi connectivity index (χ0v) is 10.7. The minimum Gasteiger partial charge on any atom is -0.481 e. The molecule has 0 heterocycles. The molecule has 3 nitrogen and oxygen atoms in total. The Bertz CT molecular complexity index is 418. The van der Waals surface area contributed by atoms with E-state index >= 15 is 0 Å². The molecule has 1 aliphatic carbocycles. The van der Waals surface area contributed by atoms with Gasteiger partial charge in [-0.15, -0.1) is 0 Å². The Morgan fingerprint density at radius 1 is 1.28 bits per heavy atom. The lowest BCUT2D eigenvalue weighted by Crippen LogP contribution is -2.12. The van der Waals surface area contributed by atoms with E-state index in [0.717, 1.165) is 31.2 Å². The monoisotopic (exact) mass is 248 g/mol. The first-order chi connectivity index (χ1) is 8.48. The number of aryl methyl sites for hydroxylation is 1. The largest absolute Gasteiger partial charge is 0.481 e. The van der Waals surface area contributed by atoms with Gasteiger partial charge in [-0.1, -0.05) is 31.2 Å². The fourth-order valence-electron chi connectivity index (χ4n) is 2.05. The van der Waals surface area contributed by atoms with Gasteiger partial charge in [-0.05, 0) is 43.2 Å².